The highest BCUT2D eigenvalue weighted by Gasteiger charge is 2.16. The van der Waals surface area contributed by atoms with Crippen LogP contribution in [-0.4, -0.2) is 35.2 Å². The van der Waals surface area contributed by atoms with E-state index in [2.05, 4.69) is 0 Å². The minimum absolute atomic E-state index is 0.0137. The highest BCUT2D eigenvalue weighted by atomic mass is 19.1. The lowest BCUT2D eigenvalue weighted by atomic mass is 10.2. The number of rotatable bonds is 8. The molecule has 8 heteroatoms. The number of hydrogen-bond donors (Lipinski definition) is 0. The molecule has 26 heavy (non-hydrogen) atoms. The zero-order valence-electron chi connectivity index (χ0n) is 14.1. The minimum Gasteiger partial charge on any atom is -0.483 e. The van der Waals surface area contributed by atoms with Gasteiger partial charge in [0.2, 0.25) is 0 Å². The highest BCUT2D eigenvalue weighted by Crippen LogP contribution is 2.22. The van der Waals surface area contributed by atoms with Gasteiger partial charge in [-0.25, -0.2) is 4.39 Å². The van der Waals surface area contributed by atoms with Crippen LogP contribution < -0.4 is 4.74 Å². The van der Waals surface area contributed by atoms with Crippen LogP contribution in [0.15, 0.2) is 42.5 Å². The van der Waals surface area contributed by atoms with Gasteiger partial charge in [-0.2, -0.15) is 0 Å². The fourth-order valence-corrected chi connectivity index (χ4v) is 2.34. The van der Waals surface area contributed by atoms with E-state index in [0.29, 0.717) is 18.4 Å². The van der Waals surface area contributed by atoms with E-state index >= 15 is 0 Å². The van der Waals surface area contributed by atoms with Crippen molar-refractivity contribution in [1.29, 1.82) is 0 Å². The van der Waals surface area contributed by atoms with Crippen LogP contribution in [0.2, 0.25) is 0 Å². The lowest BCUT2D eigenvalue weighted by molar-refractivity contribution is -0.384. The van der Waals surface area contributed by atoms with Gasteiger partial charge in [-0.05, 0) is 30.7 Å². The summed E-state index contributed by atoms with van der Waals surface area (Å²) in [5.74, 6) is -0.656. The molecule has 2 rings (SSSR count). The minimum atomic E-state index is -0.625. The Morgan fingerprint density at radius 1 is 1.31 bits per heavy atom. The van der Waals surface area contributed by atoms with Crippen LogP contribution in [-0.2, 0) is 11.3 Å². The van der Waals surface area contributed by atoms with Crippen LogP contribution in [0.1, 0.15) is 22.8 Å². The molecule has 0 saturated carbocycles. The molecule has 136 valence electrons. The van der Waals surface area contributed by atoms with E-state index in [0.717, 1.165) is 6.07 Å². The SMILES string of the molecule is CCN(Cc1cccc(F)c1)C(=O)COc1ccc([N+](=O)[O-])cc1C=O. The molecule has 0 radical (unpaired) electrons. The number of amides is 1. The van der Waals surface area contributed by atoms with E-state index in [1.807, 2.05) is 0 Å². The second-order valence-electron chi connectivity index (χ2n) is 5.42. The van der Waals surface area contributed by atoms with Gasteiger partial charge >= 0.3 is 0 Å². The third kappa shape index (κ3) is 4.85. The zero-order valence-corrected chi connectivity index (χ0v) is 14.1. The van der Waals surface area contributed by atoms with Crippen molar-refractivity contribution < 1.29 is 23.6 Å². The third-order valence-electron chi connectivity index (χ3n) is 3.68. The Balaban J connectivity index is 2.04. The van der Waals surface area contributed by atoms with Crippen molar-refractivity contribution in [3.8, 4) is 5.75 Å². The second-order valence-corrected chi connectivity index (χ2v) is 5.42. The molecule has 0 spiro atoms. The Labute approximate surface area is 149 Å². The summed E-state index contributed by atoms with van der Waals surface area (Å²) < 4.78 is 18.6. The molecule has 7 nitrogen and oxygen atoms in total. The predicted octanol–water partition coefficient (Wildman–Crippen LogP) is 2.97. The summed E-state index contributed by atoms with van der Waals surface area (Å²) in [4.78, 5) is 35.0. The van der Waals surface area contributed by atoms with Gasteiger partial charge in [0.1, 0.15) is 11.6 Å². The van der Waals surface area contributed by atoms with Gasteiger partial charge in [0.05, 0.1) is 10.5 Å². The maximum atomic E-state index is 13.3. The Hall–Kier alpha value is -3.29. The van der Waals surface area contributed by atoms with E-state index in [-0.39, 0.29) is 41.9 Å². The normalized spacial score (nSPS) is 10.2. The quantitative estimate of drug-likeness (QED) is 0.410. The zero-order chi connectivity index (χ0) is 19.1. The Kier molecular flexibility index (Phi) is 6.37. The number of hydrogen-bond acceptors (Lipinski definition) is 5. The molecule has 0 aliphatic carbocycles. The van der Waals surface area contributed by atoms with Crippen LogP contribution in [0, 0.1) is 15.9 Å². The van der Waals surface area contributed by atoms with Gasteiger partial charge in [-0.3, -0.25) is 19.7 Å². The van der Waals surface area contributed by atoms with Crippen LogP contribution in [0.3, 0.4) is 0 Å². The molecular weight excluding hydrogens is 343 g/mol. The molecule has 2 aromatic rings. The molecule has 0 N–H and O–H groups in total. The fourth-order valence-electron chi connectivity index (χ4n) is 2.34. The van der Waals surface area contributed by atoms with E-state index in [1.54, 1.807) is 19.1 Å². The molecule has 0 aliphatic heterocycles. The first kappa shape index (κ1) is 19.0. The monoisotopic (exact) mass is 360 g/mol. The van der Waals surface area contributed by atoms with Crippen molar-refractivity contribution in [3.05, 3.63) is 69.5 Å². The number of aldehydes is 1. The first-order valence-electron chi connectivity index (χ1n) is 7.83. The molecule has 0 aliphatic rings. The number of halogens is 1. The molecule has 0 unspecified atom stereocenters. The van der Waals surface area contributed by atoms with E-state index in [4.69, 9.17) is 4.74 Å². The lowest BCUT2D eigenvalue weighted by Gasteiger charge is -2.21. The number of ether oxygens (including phenoxy) is 1. The Bertz CT molecular complexity index is 825. The summed E-state index contributed by atoms with van der Waals surface area (Å²) in [5, 5.41) is 10.7. The first-order chi connectivity index (χ1) is 12.4. The van der Waals surface area contributed by atoms with Gasteiger partial charge in [-0.15, -0.1) is 0 Å². The lowest BCUT2D eigenvalue weighted by Crippen LogP contribution is -2.34. The topological polar surface area (TPSA) is 89.8 Å². The summed E-state index contributed by atoms with van der Waals surface area (Å²) in [7, 11) is 0. The highest BCUT2D eigenvalue weighted by molar-refractivity contribution is 5.82. The van der Waals surface area contributed by atoms with Crippen molar-refractivity contribution >= 4 is 17.9 Å². The second kappa shape index (κ2) is 8.70. The maximum absolute atomic E-state index is 13.3. The van der Waals surface area contributed by atoms with Crippen molar-refractivity contribution in [3.63, 3.8) is 0 Å². The number of non-ortho nitro benzene ring substituents is 1. The summed E-state index contributed by atoms with van der Waals surface area (Å²) in [5.41, 5.74) is 0.386. The number of carbonyl (C=O) groups excluding carboxylic acids is 2. The number of nitro groups is 1. The van der Waals surface area contributed by atoms with Crippen molar-refractivity contribution in [2.24, 2.45) is 0 Å². The molecule has 1 amide bonds. The predicted molar refractivity (Wildman–Crippen MR) is 91.5 cm³/mol. The van der Waals surface area contributed by atoms with Crippen LogP contribution in [0.4, 0.5) is 10.1 Å². The van der Waals surface area contributed by atoms with Gasteiger partial charge in [0.25, 0.3) is 11.6 Å². The average molecular weight is 360 g/mol. The smallest absolute Gasteiger partial charge is 0.270 e. The molecular formula is C18H17FN2O5. The molecule has 0 aromatic heterocycles. The number of benzene rings is 2. The molecule has 0 atom stereocenters. The first-order valence-corrected chi connectivity index (χ1v) is 7.83. The number of carbonyl (C=O) groups is 2. The van der Waals surface area contributed by atoms with Crippen molar-refractivity contribution in [2.75, 3.05) is 13.2 Å². The Morgan fingerprint density at radius 2 is 2.08 bits per heavy atom. The van der Waals surface area contributed by atoms with Crippen LogP contribution in [0.25, 0.3) is 0 Å². The van der Waals surface area contributed by atoms with Crippen molar-refractivity contribution in [2.45, 2.75) is 13.5 Å². The van der Waals surface area contributed by atoms with Crippen molar-refractivity contribution in [1.82, 2.24) is 4.90 Å². The molecule has 2 aromatic carbocycles. The summed E-state index contributed by atoms with van der Waals surface area (Å²) in [6.45, 7) is 2.04. The number of likely N-dealkylation sites (N-methyl/N-ethyl adjacent to an activating group) is 1. The molecule has 0 saturated heterocycles. The van der Waals surface area contributed by atoms with E-state index < -0.39 is 4.92 Å². The molecule has 0 bridgehead atoms. The summed E-state index contributed by atoms with van der Waals surface area (Å²) in [6, 6.07) is 9.48. The third-order valence-corrected chi connectivity index (χ3v) is 3.68. The van der Waals surface area contributed by atoms with E-state index in [9.17, 15) is 24.1 Å². The maximum Gasteiger partial charge on any atom is 0.270 e. The average Bonchev–Trinajstić information content (AvgIpc) is 2.63. The molecule has 0 heterocycles. The number of nitrogens with zero attached hydrogens (tertiary/aromatic N) is 2. The fraction of sp³-hybridized carbons (Fsp3) is 0.222. The van der Waals surface area contributed by atoms with Gasteiger partial charge in [0.15, 0.2) is 12.9 Å². The Morgan fingerprint density at radius 3 is 2.69 bits per heavy atom. The van der Waals surface area contributed by atoms with Gasteiger partial charge in [-0.1, -0.05) is 12.1 Å². The van der Waals surface area contributed by atoms with Crippen LogP contribution in [0.5, 0.6) is 5.75 Å². The molecule has 0 fully saturated rings. The summed E-state index contributed by atoms with van der Waals surface area (Å²) >= 11 is 0. The number of nitro benzene ring substituents is 1. The van der Waals surface area contributed by atoms with Crippen LogP contribution >= 0.6 is 0 Å². The van der Waals surface area contributed by atoms with E-state index in [1.165, 1.54) is 29.2 Å². The standard InChI is InChI=1S/C18H17FN2O5/c1-2-20(10-13-4-3-5-15(19)8-13)18(23)12-26-17-7-6-16(21(24)25)9-14(17)11-22/h3-9,11H,2,10,12H2,1H3. The van der Waals surface area contributed by atoms with Gasteiger partial charge in [0, 0.05) is 25.2 Å². The van der Waals surface area contributed by atoms with Gasteiger partial charge < -0.3 is 9.64 Å². The summed E-state index contributed by atoms with van der Waals surface area (Å²) in [6.07, 6.45) is 0.428. The largest absolute Gasteiger partial charge is 0.483 e.